The van der Waals surface area contributed by atoms with Gasteiger partial charge in [0.2, 0.25) is 0 Å². The first-order valence-corrected chi connectivity index (χ1v) is 7.51. The Bertz CT molecular complexity index is 461. The Morgan fingerprint density at radius 1 is 1.36 bits per heavy atom. The molecule has 5 N–H and O–H groups in total. The van der Waals surface area contributed by atoms with Crippen molar-refractivity contribution < 1.29 is 4.74 Å². The molecule has 0 radical (unpaired) electrons. The summed E-state index contributed by atoms with van der Waals surface area (Å²) in [6.45, 7) is 7.82. The van der Waals surface area contributed by atoms with Crippen LogP contribution in [0.1, 0.15) is 13.8 Å². The highest BCUT2D eigenvalue weighted by atomic mass is 16.5. The highest BCUT2D eigenvalue weighted by Gasteiger charge is 2.10. The summed E-state index contributed by atoms with van der Waals surface area (Å²) in [5.74, 6) is 0.988. The van der Waals surface area contributed by atoms with E-state index in [1.165, 1.54) is 0 Å². The van der Waals surface area contributed by atoms with E-state index in [0.29, 0.717) is 23.9 Å². The Morgan fingerprint density at radius 3 is 2.73 bits per heavy atom. The zero-order valence-corrected chi connectivity index (χ0v) is 13.3. The average Bonchev–Trinajstić information content (AvgIpc) is 2.57. The molecule has 0 bridgehead atoms. The van der Waals surface area contributed by atoms with E-state index in [4.69, 9.17) is 15.9 Å². The number of nitrogens with two attached hydrogens (primary N) is 1. The van der Waals surface area contributed by atoms with Gasteiger partial charge in [0, 0.05) is 43.9 Å². The van der Waals surface area contributed by atoms with Gasteiger partial charge in [0.05, 0.1) is 13.2 Å². The number of rotatable bonds is 5. The van der Waals surface area contributed by atoms with E-state index in [0.717, 1.165) is 26.3 Å². The smallest absolute Gasteiger partial charge is 0.148 e. The Hall–Kier alpha value is -2.12. The quantitative estimate of drug-likeness (QED) is 0.443. The van der Waals surface area contributed by atoms with Crippen molar-refractivity contribution in [3.63, 3.8) is 0 Å². The first-order chi connectivity index (χ1) is 10.7. The summed E-state index contributed by atoms with van der Waals surface area (Å²) in [7, 11) is 0. The van der Waals surface area contributed by atoms with Crippen molar-refractivity contribution in [3.8, 4) is 0 Å². The molecule has 0 unspecified atom stereocenters. The van der Waals surface area contributed by atoms with E-state index in [1.54, 1.807) is 30.8 Å². The molecule has 0 aromatic carbocycles. The lowest BCUT2D eigenvalue weighted by Gasteiger charge is -2.25. The summed E-state index contributed by atoms with van der Waals surface area (Å²) in [6, 6.07) is 0. The molecule has 0 amide bonds. The second kappa shape index (κ2) is 10.6. The van der Waals surface area contributed by atoms with E-state index in [1.807, 2.05) is 13.8 Å². The van der Waals surface area contributed by atoms with Crippen LogP contribution in [-0.2, 0) is 4.74 Å². The molecule has 0 spiro atoms. The zero-order valence-electron chi connectivity index (χ0n) is 13.3. The fraction of sp³-hybridized carbons (Fsp3) is 0.467. The molecule has 0 atom stereocenters. The molecule has 2 heterocycles. The maximum atomic E-state index is 7.90. The van der Waals surface area contributed by atoms with Crippen LogP contribution in [0.4, 0.5) is 0 Å². The summed E-state index contributed by atoms with van der Waals surface area (Å²) in [5.41, 5.74) is 6.29. The van der Waals surface area contributed by atoms with Crippen LogP contribution in [0.5, 0.6) is 0 Å². The molecule has 2 aliphatic heterocycles. The van der Waals surface area contributed by atoms with Gasteiger partial charge in [0.1, 0.15) is 11.7 Å². The van der Waals surface area contributed by atoms with Crippen molar-refractivity contribution in [3.05, 3.63) is 36.6 Å². The van der Waals surface area contributed by atoms with E-state index in [-0.39, 0.29) is 0 Å². The summed E-state index contributed by atoms with van der Waals surface area (Å²) in [5, 5.41) is 13.8. The lowest BCUT2D eigenvalue weighted by atomic mass is 10.3. The minimum Gasteiger partial charge on any atom is -0.384 e. The molecule has 1 fully saturated rings. The standard InChI is InChI=1S/C13H20N6O.C2H6/c14-11(10-19-5-7-20-8-6-19)1-2-12(15)18-13-9-16-3-4-17-13;1-2/h1-4,9,14,16-17H,5-8,10H2,(H2,15,18);1-2H3/b2-1-,14-11?;. The minimum atomic E-state index is 0.354. The van der Waals surface area contributed by atoms with Crippen LogP contribution in [0.15, 0.2) is 41.6 Å². The highest BCUT2D eigenvalue weighted by Crippen LogP contribution is 1.98. The Balaban J connectivity index is 0.00000116. The number of hydrogen-bond donors (Lipinski definition) is 4. The lowest BCUT2D eigenvalue weighted by Crippen LogP contribution is -2.39. The predicted molar refractivity (Wildman–Crippen MR) is 90.6 cm³/mol. The third kappa shape index (κ3) is 7.05. The van der Waals surface area contributed by atoms with Crippen LogP contribution in [-0.4, -0.2) is 49.3 Å². The molecule has 122 valence electrons. The van der Waals surface area contributed by atoms with Gasteiger partial charge < -0.3 is 26.5 Å². The third-order valence-corrected chi connectivity index (χ3v) is 2.83. The summed E-state index contributed by atoms with van der Waals surface area (Å²) in [4.78, 5) is 6.35. The fourth-order valence-electron chi connectivity index (χ4n) is 1.82. The molecular formula is C15H26N6O. The maximum Gasteiger partial charge on any atom is 0.148 e. The predicted octanol–water partition coefficient (Wildman–Crippen LogP) is 0.741. The summed E-state index contributed by atoms with van der Waals surface area (Å²) >= 11 is 0. The van der Waals surface area contributed by atoms with E-state index in [2.05, 4.69) is 20.5 Å². The van der Waals surface area contributed by atoms with Crippen molar-refractivity contribution in [2.75, 3.05) is 32.8 Å². The number of morpholine rings is 1. The molecule has 2 rings (SSSR count). The van der Waals surface area contributed by atoms with Gasteiger partial charge >= 0.3 is 0 Å². The zero-order chi connectivity index (χ0) is 16.2. The molecule has 0 aliphatic carbocycles. The van der Waals surface area contributed by atoms with Crippen molar-refractivity contribution in [2.45, 2.75) is 13.8 Å². The van der Waals surface area contributed by atoms with Crippen molar-refractivity contribution in [1.29, 1.82) is 5.41 Å². The van der Waals surface area contributed by atoms with Crippen molar-refractivity contribution in [1.82, 2.24) is 15.5 Å². The maximum absolute atomic E-state index is 7.90. The number of ether oxygens (including phenoxy) is 1. The topological polar surface area (TPSA) is 98.8 Å². The van der Waals surface area contributed by atoms with Crippen LogP contribution in [0.3, 0.4) is 0 Å². The minimum absolute atomic E-state index is 0.354. The number of nitrogens with zero attached hydrogens (tertiary/aromatic N) is 2. The van der Waals surface area contributed by atoms with E-state index < -0.39 is 0 Å². The normalized spacial score (nSPS) is 18.8. The van der Waals surface area contributed by atoms with Gasteiger partial charge in [-0.05, 0) is 12.2 Å². The Labute approximate surface area is 132 Å². The van der Waals surface area contributed by atoms with Crippen LogP contribution in [0.25, 0.3) is 0 Å². The van der Waals surface area contributed by atoms with Crippen LogP contribution in [0.2, 0.25) is 0 Å². The van der Waals surface area contributed by atoms with Crippen LogP contribution < -0.4 is 16.4 Å². The molecule has 0 saturated carbocycles. The number of nitrogens with one attached hydrogen (secondary N) is 3. The first kappa shape index (κ1) is 17.9. The van der Waals surface area contributed by atoms with Gasteiger partial charge in [-0.15, -0.1) is 0 Å². The number of hydrogen-bond acceptors (Lipinski definition) is 6. The van der Waals surface area contributed by atoms with Gasteiger partial charge in [0.15, 0.2) is 0 Å². The van der Waals surface area contributed by atoms with Crippen molar-refractivity contribution in [2.24, 2.45) is 10.7 Å². The lowest BCUT2D eigenvalue weighted by molar-refractivity contribution is 0.0453. The number of amidine groups is 1. The molecular weight excluding hydrogens is 280 g/mol. The molecule has 0 aromatic rings. The van der Waals surface area contributed by atoms with Gasteiger partial charge in [-0.1, -0.05) is 13.8 Å². The van der Waals surface area contributed by atoms with Crippen LogP contribution in [0, 0.1) is 5.41 Å². The van der Waals surface area contributed by atoms with Crippen LogP contribution >= 0.6 is 0 Å². The van der Waals surface area contributed by atoms with Gasteiger partial charge in [-0.2, -0.15) is 0 Å². The molecule has 7 heteroatoms. The highest BCUT2D eigenvalue weighted by molar-refractivity contribution is 6.01. The Kier molecular flexibility index (Phi) is 8.63. The van der Waals surface area contributed by atoms with E-state index >= 15 is 0 Å². The van der Waals surface area contributed by atoms with Gasteiger partial charge in [-0.25, -0.2) is 4.99 Å². The molecule has 1 saturated heterocycles. The molecule has 22 heavy (non-hydrogen) atoms. The third-order valence-electron chi connectivity index (χ3n) is 2.83. The first-order valence-electron chi connectivity index (χ1n) is 7.51. The summed E-state index contributed by atoms with van der Waals surface area (Å²) in [6.07, 6.45) is 8.52. The molecule has 7 nitrogen and oxygen atoms in total. The average molecular weight is 306 g/mol. The monoisotopic (exact) mass is 306 g/mol. The van der Waals surface area contributed by atoms with Crippen molar-refractivity contribution >= 4 is 11.5 Å². The molecule has 2 aliphatic rings. The molecule has 0 aromatic heterocycles. The second-order valence-electron chi connectivity index (χ2n) is 4.46. The second-order valence-corrected chi connectivity index (χ2v) is 4.46. The van der Waals surface area contributed by atoms with E-state index in [9.17, 15) is 0 Å². The fourth-order valence-corrected chi connectivity index (χ4v) is 1.82. The Morgan fingerprint density at radius 2 is 2.09 bits per heavy atom. The largest absolute Gasteiger partial charge is 0.384 e. The number of aliphatic imine (C=N–C) groups is 1. The summed E-state index contributed by atoms with van der Waals surface area (Å²) < 4.78 is 5.27. The van der Waals surface area contributed by atoms with Gasteiger partial charge in [-0.3, -0.25) is 4.90 Å². The SMILES string of the molecule is CC.N=C(/C=C\C(N)=N/C1=CNC=CN1)CN1CCOCC1. The van der Waals surface area contributed by atoms with Gasteiger partial charge in [0.25, 0.3) is 0 Å².